The van der Waals surface area contributed by atoms with Gasteiger partial charge in [-0.1, -0.05) is 0 Å². The van der Waals surface area contributed by atoms with E-state index < -0.39 is 4.92 Å². The number of carbonyl (C=O) groups is 1. The van der Waals surface area contributed by atoms with Crippen molar-refractivity contribution >= 4 is 27.5 Å². The molecule has 0 aliphatic heterocycles. The van der Waals surface area contributed by atoms with Gasteiger partial charge in [-0.2, -0.15) is 0 Å². The standard InChI is InChI=1S/C13H17BrN2O4/c1-9(2)20-7-3-6-15-13(17)10-4-5-11(14)12(8-10)16(18)19/h4-5,8-9H,3,6-7H2,1-2H3,(H,15,17). The second-order valence-corrected chi connectivity index (χ2v) is 5.31. The smallest absolute Gasteiger partial charge is 0.284 e. The number of ether oxygens (including phenoxy) is 1. The zero-order valence-corrected chi connectivity index (χ0v) is 13.0. The molecule has 0 aliphatic rings. The number of halogens is 1. The van der Waals surface area contributed by atoms with Gasteiger partial charge in [-0.25, -0.2) is 0 Å². The summed E-state index contributed by atoms with van der Waals surface area (Å²) in [6.07, 6.45) is 0.863. The Morgan fingerprint density at radius 1 is 1.50 bits per heavy atom. The molecule has 0 heterocycles. The van der Waals surface area contributed by atoms with E-state index in [9.17, 15) is 14.9 Å². The van der Waals surface area contributed by atoms with Gasteiger partial charge in [0.15, 0.2) is 0 Å². The molecule has 0 aliphatic carbocycles. The Labute approximate surface area is 125 Å². The number of hydrogen-bond donors (Lipinski definition) is 1. The lowest BCUT2D eigenvalue weighted by molar-refractivity contribution is -0.385. The molecule has 0 aromatic heterocycles. The van der Waals surface area contributed by atoms with Gasteiger partial charge in [0.2, 0.25) is 0 Å². The summed E-state index contributed by atoms with van der Waals surface area (Å²) in [5.41, 5.74) is 0.144. The summed E-state index contributed by atoms with van der Waals surface area (Å²) in [7, 11) is 0. The summed E-state index contributed by atoms with van der Waals surface area (Å²) in [4.78, 5) is 22.1. The van der Waals surface area contributed by atoms with Gasteiger partial charge in [-0.05, 0) is 48.3 Å². The summed E-state index contributed by atoms with van der Waals surface area (Å²) in [6, 6.07) is 4.29. The van der Waals surface area contributed by atoms with Crippen LogP contribution in [0.1, 0.15) is 30.6 Å². The summed E-state index contributed by atoms with van der Waals surface area (Å²) in [6.45, 7) is 4.92. The van der Waals surface area contributed by atoms with Crippen molar-refractivity contribution in [3.8, 4) is 0 Å². The minimum absolute atomic E-state index is 0.124. The maximum Gasteiger partial charge on any atom is 0.284 e. The van der Waals surface area contributed by atoms with Crippen LogP contribution in [0, 0.1) is 10.1 Å². The van der Waals surface area contributed by atoms with Gasteiger partial charge in [0.25, 0.3) is 11.6 Å². The molecule has 1 N–H and O–H groups in total. The summed E-state index contributed by atoms with van der Waals surface area (Å²) < 4.78 is 5.70. The number of carbonyl (C=O) groups excluding carboxylic acids is 1. The second kappa shape index (κ2) is 7.96. The van der Waals surface area contributed by atoms with Gasteiger partial charge in [-0.3, -0.25) is 14.9 Å². The van der Waals surface area contributed by atoms with Crippen LogP contribution < -0.4 is 5.32 Å². The lowest BCUT2D eigenvalue weighted by atomic mass is 10.2. The fourth-order valence-electron chi connectivity index (χ4n) is 1.49. The van der Waals surface area contributed by atoms with Crippen molar-refractivity contribution in [2.45, 2.75) is 26.4 Å². The lowest BCUT2D eigenvalue weighted by Crippen LogP contribution is -2.25. The van der Waals surface area contributed by atoms with E-state index in [0.29, 0.717) is 24.0 Å². The van der Waals surface area contributed by atoms with Crippen LogP contribution in [0.2, 0.25) is 0 Å². The number of rotatable bonds is 7. The van der Waals surface area contributed by atoms with Crippen molar-refractivity contribution in [3.63, 3.8) is 0 Å². The Kier molecular flexibility index (Phi) is 6.60. The monoisotopic (exact) mass is 344 g/mol. The van der Waals surface area contributed by atoms with Crippen molar-refractivity contribution in [3.05, 3.63) is 38.3 Å². The normalized spacial score (nSPS) is 10.6. The molecule has 0 radical (unpaired) electrons. The Bertz CT molecular complexity index is 491. The molecule has 0 fully saturated rings. The van der Waals surface area contributed by atoms with Crippen molar-refractivity contribution < 1.29 is 14.5 Å². The van der Waals surface area contributed by atoms with Crippen molar-refractivity contribution in [1.29, 1.82) is 0 Å². The zero-order valence-electron chi connectivity index (χ0n) is 11.4. The molecule has 0 spiro atoms. The van der Waals surface area contributed by atoms with Gasteiger partial charge < -0.3 is 10.1 Å². The van der Waals surface area contributed by atoms with Crippen LogP contribution in [0.4, 0.5) is 5.69 Å². The SMILES string of the molecule is CC(C)OCCCNC(=O)c1ccc(Br)c([N+](=O)[O-])c1. The van der Waals surface area contributed by atoms with Crippen LogP contribution >= 0.6 is 15.9 Å². The maximum atomic E-state index is 11.8. The Balaban J connectivity index is 2.51. The van der Waals surface area contributed by atoms with E-state index in [-0.39, 0.29) is 23.3 Å². The quantitative estimate of drug-likeness (QED) is 0.468. The number of nitrogens with one attached hydrogen (secondary N) is 1. The predicted molar refractivity (Wildman–Crippen MR) is 78.8 cm³/mol. The molecule has 0 unspecified atom stereocenters. The van der Waals surface area contributed by atoms with E-state index in [0.717, 1.165) is 0 Å². The van der Waals surface area contributed by atoms with Crippen LogP contribution in [-0.2, 0) is 4.74 Å². The number of nitro groups is 1. The first-order valence-corrected chi connectivity index (χ1v) is 7.05. The number of amides is 1. The molecule has 110 valence electrons. The molecule has 0 atom stereocenters. The number of nitro benzene ring substituents is 1. The van der Waals surface area contributed by atoms with Gasteiger partial charge >= 0.3 is 0 Å². The zero-order chi connectivity index (χ0) is 15.1. The van der Waals surface area contributed by atoms with E-state index >= 15 is 0 Å². The topological polar surface area (TPSA) is 81.5 Å². The van der Waals surface area contributed by atoms with E-state index in [1.165, 1.54) is 18.2 Å². The summed E-state index contributed by atoms with van der Waals surface area (Å²) in [5.74, 6) is -0.329. The fraction of sp³-hybridized carbons (Fsp3) is 0.462. The minimum atomic E-state index is -0.530. The minimum Gasteiger partial charge on any atom is -0.379 e. The fourth-order valence-corrected chi connectivity index (χ4v) is 1.88. The molecule has 6 nitrogen and oxygen atoms in total. The van der Waals surface area contributed by atoms with E-state index in [4.69, 9.17) is 4.74 Å². The first kappa shape index (κ1) is 16.6. The highest BCUT2D eigenvalue weighted by molar-refractivity contribution is 9.10. The van der Waals surface area contributed by atoms with Crippen molar-refractivity contribution in [2.24, 2.45) is 0 Å². The Morgan fingerprint density at radius 3 is 2.80 bits per heavy atom. The molecule has 1 aromatic rings. The molecule has 1 rings (SSSR count). The molecule has 7 heteroatoms. The van der Waals surface area contributed by atoms with Gasteiger partial charge in [0.05, 0.1) is 15.5 Å². The largest absolute Gasteiger partial charge is 0.379 e. The third kappa shape index (κ3) is 5.26. The Hall–Kier alpha value is -1.47. The molecular formula is C13H17BrN2O4. The molecule has 0 bridgehead atoms. The molecular weight excluding hydrogens is 328 g/mol. The predicted octanol–water partition coefficient (Wildman–Crippen LogP) is 2.90. The van der Waals surface area contributed by atoms with Gasteiger partial charge in [0.1, 0.15) is 0 Å². The van der Waals surface area contributed by atoms with Crippen LogP contribution in [0.25, 0.3) is 0 Å². The van der Waals surface area contributed by atoms with E-state index in [1.807, 2.05) is 13.8 Å². The molecule has 0 saturated carbocycles. The van der Waals surface area contributed by atoms with Crippen LogP contribution in [0.3, 0.4) is 0 Å². The number of benzene rings is 1. The highest BCUT2D eigenvalue weighted by Crippen LogP contribution is 2.25. The first-order valence-electron chi connectivity index (χ1n) is 6.25. The van der Waals surface area contributed by atoms with Gasteiger partial charge in [0, 0.05) is 24.8 Å². The first-order chi connectivity index (χ1) is 9.41. The second-order valence-electron chi connectivity index (χ2n) is 4.45. The van der Waals surface area contributed by atoms with Crippen LogP contribution in [0.15, 0.2) is 22.7 Å². The maximum absolute atomic E-state index is 11.8. The average molecular weight is 345 g/mol. The van der Waals surface area contributed by atoms with Gasteiger partial charge in [-0.15, -0.1) is 0 Å². The highest BCUT2D eigenvalue weighted by atomic mass is 79.9. The molecule has 0 saturated heterocycles. The van der Waals surface area contributed by atoms with Crippen molar-refractivity contribution in [2.75, 3.05) is 13.2 Å². The third-order valence-corrected chi connectivity index (χ3v) is 3.13. The summed E-state index contributed by atoms with van der Waals surface area (Å²) in [5, 5.41) is 13.5. The summed E-state index contributed by atoms with van der Waals surface area (Å²) >= 11 is 3.08. The lowest BCUT2D eigenvalue weighted by Gasteiger charge is -2.08. The number of hydrogen-bond acceptors (Lipinski definition) is 4. The average Bonchev–Trinajstić information content (AvgIpc) is 2.37. The Morgan fingerprint density at radius 2 is 2.20 bits per heavy atom. The van der Waals surface area contributed by atoms with E-state index in [2.05, 4.69) is 21.2 Å². The third-order valence-electron chi connectivity index (χ3n) is 2.46. The van der Waals surface area contributed by atoms with Crippen LogP contribution in [-0.4, -0.2) is 30.1 Å². The molecule has 1 amide bonds. The molecule has 1 aromatic carbocycles. The van der Waals surface area contributed by atoms with E-state index in [1.54, 1.807) is 0 Å². The number of nitrogens with zero attached hydrogens (tertiary/aromatic N) is 1. The van der Waals surface area contributed by atoms with Crippen molar-refractivity contribution in [1.82, 2.24) is 5.32 Å². The van der Waals surface area contributed by atoms with Crippen LogP contribution in [0.5, 0.6) is 0 Å². The molecule has 20 heavy (non-hydrogen) atoms. The highest BCUT2D eigenvalue weighted by Gasteiger charge is 2.15.